The van der Waals surface area contributed by atoms with Crippen molar-refractivity contribution in [3.05, 3.63) is 51.6 Å². The van der Waals surface area contributed by atoms with E-state index in [0.717, 1.165) is 10.0 Å². The summed E-state index contributed by atoms with van der Waals surface area (Å²) in [5, 5.41) is 0.645. The van der Waals surface area contributed by atoms with Gasteiger partial charge >= 0.3 is 0 Å². The summed E-state index contributed by atoms with van der Waals surface area (Å²) in [5.41, 5.74) is 0.960. The molecule has 0 radical (unpaired) electrons. The standard InChI is InChI=1S/C12H8BrCl2NO/c13-10-6-9(15)1-2-11(10)17-12-5-8(7-14)3-4-16-12/h1-6H,7H2. The van der Waals surface area contributed by atoms with E-state index in [1.54, 1.807) is 30.5 Å². The smallest absolute Gasteiger partial charge is 0.219 e. The van der Waals surface area contributed by atoms with Gasteiger partial charge < -0.3 is 4.74 Å². The van der Waals surface area contributed by atoms with Crippen molar-refractivity contribution in [2.75, 3.05) is 0 Å². The van der Waals surface area contributed by atoms with E-state index in [1.807, 2.05) is 6.07 Å². The monoisotopic (exact) mass is 331 g/mol. The van der Waals surface area contributed by atoms with Crippen LogP contribution in [0.3, 0.4) is 0 Å². The van der Waals surface area contributed by atoms with Gasteiger partial charge in [0, 0.05) is 23.2 Å². The van der Waals surface area contributed by atoms with E-state index < -0.39 is 0 Å². The lowest BCUT2D eigenvalue weighted by Crippen LogP contribution is -1.90. The Morgan fingerprint density at radius 2 is 2.06 bits per heavy atom. The van der Waals surface area contributed by atoms with Crippen LogP contribution in [0.25, 0.3) is 0 Å². The van der Waals surface area contributed by atoms with Crippen LogP contribution < -0.4 is 4.74 Å². The second-order valence-electron chi connectivity index (χ2n) is 3.31. The fourth-order valence-corrected chi connectivity index (χ4v) is 2.19. The topological polar surface area (TPSA) is 22.1 Å². The van der Waals surface area contributed by atoms with E-state index in [1.165, 1.54) is 0 Å². The van der Waals surface area contributed by atoms with E-state index >= 15 is 0 Å². The van der Waals surface area contributed by atoms with E-state index in [2.05, 4.69) is 20.9 Å². The minimum atomic E-state index is 0.431. The van der Waals surface area contributed by atoms with Gasteiger partial charge in [-0.2, -0.15) is 0 Å². The first kappa shape index (κ1) is 12.7. The Hall–Kier alpha value is -0.770. The molecule has 0 N–H and O–H groups in total. The van der Waals surface area contributed by atoms with Crippen LogP contribution >= 0.6 is 39.1 Å². The molecular formula is C12H8BrCl2NO. The van der Waals surface area contributed by atoms with E-state index in [0.29, 0.717) is 22.5 Å². The summed E-state index contributed by atoms with van der Waals surface area (Å²) in [4.78, 5) is 4.11. The molecule has 88 valence electrons. The highest BCUT2D eigenvalue weighted by molar-refractivity contribution is 9.10. The van der Waals surface area contributed by atoms with Gasteiger partial charge in [0.1, 0.15) is 5.75 Å². The number of pyridine rings is 1. The molecule has 1 aromatic carbocycles. The van der Waals surface area contributed by atoms with Crippen molar-refractivity contribution < 1.29 is 4.74 Å². The molecule has 1 heterocycles. The quantitative estimate of drug-likeness (QED) is 0.735. The van der Waals surface area contributed by atoms with Crippen molar-refractivity contribution in [1.29, 1.82) is 0 Å². The number of hydrogen-bond donors (Lipinski definition) is 0. The highest BCUT2D eigenvalue weighted by atomic mass is 79.9. The molecule has 2 rings (SSSR count). The van der Waals surface area contributed by atoms with Crippen LogP contribution in [0, 0.1) is 0 Å². The molecule has 1 aromatic heterocycles. The van der Waals surface area contributed by atoms with Gasteiger partial charge in [-0.1, -0.05) is 11.6 Å². The summed E-state index contributed by atoms with van der Waals surface area (Å²) in [5.74, 6) is 1.60. The van der Waals surface area contributed by atoms with Crippen molar-refractivity contribution in [3.8, 4) is 11.6 Å². The van der Waals surface area contributed by atoms with Crippen LogP contribution in [0.1, 0.15) is 5.56 Å². The molecule has 0 saturated heterocycles. The minimum absolute atomic E-state index is 0.431. The molecule has 0 aliphatic rings. The van der Waals surface area contributed by atoms with Crippen molar-refractivity contribution in [2.24, 2.45) is 0 Å². The predicted molar refractivity (Wildman–Crippen MR) is 73.0 cm³/mol. The van der Waals surface area contributed by atoms with Crippen LogP contribution in [-0.4, -0.2) is 4.98 Å². The van der Waals surface area contributed by atoms with Gasteiger partial charge in [0.2, 0.25) is 5.88 Å². The third kappa shape index (κ3) is 3.35. The van der Waals surface area contributed by atoms with Crippen LogP contribution in [0.5, 0.6) is 11.6 Å². The molecule has 0 unspecified atom stereocenters. The Balaban J connectivity index is 2.25. The maximum Gasteiger partial charge on any atom is 0.219 e. The van der Waals surface area contributed by atoms with Crippen LogP contribution in [0.15, 0.2) is 41.0 Å². The predicted octanol–water partition coefficient (Wildman–Crippen LogP) is 5.03. The van der Waals surface area contributed by atoms with Crippen molar-refractivity contribution in [2.45, 2.75) is 5.88 Å². The molecular weight excluding hydrogens is 325 g/mol. The molecule has 0 bridgehead atoms. The number of ether oxygens (including phenoxy) is 1. The summed E-state index contributed by atoms with van der Waals surface area (Å²) < 4.78 is 6.41. The van der Waals surface area contributed by atoms with Gasteiger partial charge in [-0.25, -0.2) is 4.98 Å². The average molecular weight is 333 g/mol. The van der Waals surface area contributed by atoms with Gasteiger partial charge in [0.25, 0.3) is 0 Å². The lowest BCUT2D eigenvalue weighted by Gasteiger charge is -2.07. The molecule has 0 atom stereocenters. The number of nitrogens with zero attached hydrogens (tertiary/aromatic N) is 1. The third-order valence-corrected chi connectivity index (χ3v) is 3.23. The molecule has 0 saturated carbocycles. The zero-order valence-corrected chi connectivity index (χ0v) is 11.8. The first-order valence-corrected chi connectivity index (χ1v) is 6.53. The SMILES string of the molecule is ClCc1ccnc(Oc2ccc(Cl)cc2Br)c1. The normalized spacial score (nSPS) is 10.3. The Morgan fingerprint density at radius 3 is 2.76 bits per heavy atom. The Morgan fingerprint density at radius 1 is 1.24 bits per heavy atom. The zero-order chi connectivity index (χ0) is 12.3. The van der Waals surface area contributed by atoms with Gasteiger partial charge in [0.05, 0.1) is 4.47 Å². The maximum absolute atomic E-state index is 5.85. The largest absolute Gasteiger partial charge is 0.438 e. The van der Waals surface area contributed by atoms with Crippen LogP contribution in [0.4, 0.5) is 0 Å². The Kier molecular flexibility index (Phi) is 4.26. The highest BCUT2D eigenvalue weighted by Crippen LogP contribution is 2.31. The molecule has 0 spiro atoms. The fourth-order valence-electron chi connectivity index (χ4n) is 1.26. The fraction of sp³-hybridized carbons (Fsp3) is 0.0833. The molecule has 5 heteroatoms. The minimum Gasteiger partial charge on any atom is -0.438 e. The number of hydrogen-bond acceptors (Lipinski definition) is 2. The zero-order valence-electron chi connectivity index (χ0n) is 8.66. The number of rotatable bonds is 3. The second kappa shape index (κ2) is 5.71. The van der Waals surface area contributed by atoms with Gasteiger partial charge in [-0.15, -0.1) is 11.6 Å². The maximum atomic E-state index is 5.85. The van der Waals surface area contributed by atoms with E-state index in [9.17, 15) is 0 Å². The first-order valence-electron chi connectivity index (χ1n) is 4.83. The Bertz CT molecular complexity index is 534. The van der Waals surface area contributed by atoms with E-state index in [4.69, 9.17) is 27.9 Å². The lowest BCUT2D eigenvalue weighted by atomic mass is 10.3. The molecule has 2 aromatic rings. The number of aromatic nitrogens is 1. The number of alkyl halides is 1. The highest BCUT2D eigenvalue weighted by Gasteiger charge is 2.05. The Labute approximate surface area is 118 Å². The molecule has 2 nitrogen and oxygen atoms in total. The van der Waals surface area contributed by atoms with Crippen molar-refractivity contribution in [3.63, 3.8) is 0 Å². The van der Waals surface area contributed by atoms with Crippen LogP contribution in [0.2, 0.25) is 5.02 Å². The summed E-state index contributed by atoms with van der Waals surface area (Å²) in [6.07, 6.45) is 1.66. The molecule has 0 amide bonds. The number of benzene rings is 1. The summed E-state index contributed by atoms with van der Waals surface area (Å²) in [7, 11) is 0. The van der Waals surface area contributed by atoms with Gasteiger partial charge in [-0.3, -0.25) is 0 Å². The summed E-state index contributed by atoms with van der Waals surface area (Å²) >= 11 is 15.0. The van der Waals surface area contributed by atoms with Gasteiger partial charge in [-0.05, 0) is 45.8 Å². The average Bonchev–Trinajstić information content (AvgIpc) is 2.33. The summed E-state index contributed by atoms with van der Waals surface area (Å²) in [6.45, 7) is 0. The van der Waals surface area contributed by atoms with Crippen molar-refractivity contribution in [1.82, 2.24) is 4.98 Å². The molecule has 17 heavy (non-hydrogen) atoms. The van der Waals surface area contributed by atoms with Crippen LogP contribution in [-0.2, 0) is 5.88 Å². The third-order valence-electron chi connectivity index (χ3n) is 2.06. The summed E-state index contributed by atoms with van der Waals surface area (Å²) in [6, 6.07) is 8.95. The van der Waals surface area contributed by atoms with Gasteiger partial charge in [0.15, 0.2) is 0 Å². The number of halogens is 3. The molecule has 0 aliphatic carbocycles. The molecule has 0 fully saturated rings. The van der Waals surface area contributed by atoms with E-state index in [-0.39, 0.29) is 0 Å². The molecule has 0 aliphatic heterocycles. The second-order valence-corrected chi connectivity index (χ2v) is 4.87. The van der Waals surface area contributed by atoms with Crippen molar-refractivity contribution >= 4 is 39.1 Å². The lowest BCUT2D eigenvalue weighted by molar-refractivity contribution is 0.459. The first-order chi connectivity index (χ1) is 8.19.